The second-order valence-corrected chi connectivity index (χ2v) is 16.0. The number of benzene rings is 1. The Morgan fingerprint density at radius 2 is 1.43 bits per heavy atom. The minimum Gasteiger partial charge on any atom is -0.481 e. The van der Waals surface area contributed by atoms with E-state index in [9.17, 15) is 33.9 Å². The predicted octanol–water partition coefficient (Wildman–Crippen LogP) is -0.122. The average Bonchev–Trinajstić information content (AvgIpc) is 3.98. The lowest BCUT2D eigenvalue weighted by molar-refractivity contribution is -0.145. The topological polar surface area (TPSA) is 335 Å². The van der Waals surface area contributed by atoms with Crippen molar-refractivity contribution >= 4 is 58.3 Å². The number of aromatic nitrogens is 1. The highest BCUT2D eigenvalue weighted by Crippen LogP contribution is 2.23. The monoisotopic (exact) mass is 855 g/mol. The Balaban J connectivity index is 0.00000237. The lowest BCUT2D eigenvalue weighted by Crippen LogP contribution is -2.59. The number of carbonyl (C=O) groups excluding carboxylic acids is 5. The third-order valence-electron chi connectivity index (χ3n) is 10.6. The molecule has 0 saturated carbocycles. The van der Waals surface area contributed by atoms with Gasteiger partial charge in [-0.05, 0) is 88.3 Å². The van der Waals surface area contributed by atoms with Gasteiger partial charge in [0.05, 0.1) is 6.04 Å². The van der Waals surface area contributed by atoms with Gasteiger partial charge >= 0.3 is 5.97 Å². The molecule has 14 N–H and O–H groups in total. The number of carboxylic acids is 2. The zero-order valence-electron chi connectivity index (χ0n) is 35.4. The molecule has 338 valence electrons. The molecule has 6 unspecified atom stereocenters. The molecule has 3 heterocycles. The van der Waals surface area contributed by atoms with Crippen molar-refractivity contribution in [1.82, 2.24) is 30.7 Å². The third kappa shape index (κ3) is 15.3. The summed E-state index contributed by atoms with van der Waals surface area (Å²) in [6.45, 7) is 6.17. The van der Waals surface area contributed by atoms with Gasteiger partial charge in [-0.15, -0.1) is 0 Å². The van der Waals surface area contributed by atoms with E-state index >= 15 is 0 Å². The maximum absolute atomic E-state index is 14.2. The number of para-hydroxylation sites is 1. The number of amides is 5. The molecule has 1 aromatic heterocycles. The molecule has 20 heteroatoms. The third-order valence-corrected chi connectivity index (χ3v) is 10.6. The van der Waals surface area contributed by atoms with Crippen LogP contribution in [0.15, 0.2) is 35.5 Å². The molecule has 6 atom stereocenters. The molecular formula is C41H65N11O9. The molecule has 20 nitrogen and oxygen atoms in total. The molecule has 0 aliphatic carbocycles. The van der Waals surface area contributed by atoms with Crippen molar-refractivity contribution in [2.75, 3.05) is 26.2 Å². The molecule has 0 spiro atoms. The number of nitrogens with zero attached hydrogens (tertiary/aromatic N) is 3. The van der Waals surface area contributed by atoms with Crippen LogP contribution in [-0.4, -0.2) is 135 Å². The normalized spacial score (nSPS) is 18.0. The van der Waals surface area contributed by atoms with Crippen LogP contribution in [0.3, 0.4) is 0 Å². The molecule has 61 heavy (non-hydrogen) atoms. The van der Waals surface area contributed by atoms with Crippen molar-refractivity contribution in [2.45, 2.75) is 128 Å². The fourth-order valence-corrected chi connectivity index (χ4v) is 7.64. The first-order valence-electron chi connectivity index (χ1n) is 20.9. The van der Waals surface area contributed by atoms with Crippen LogP contribution in [0.1, 0.15) is 90.5 Å². The molecule has 1 aromatic carbocycles. The molecule has 2 aliphatic rings. The van der Waals surface area contributed by atoms with Gasteiger partial charge in [0.15, 0.2) is 5.96 Å². The molecule has 4 rings (SSSR count). The Labute approximate surface area is 356 Å². The summed E-state index contributed by atoms with van der Waals surface area (Å²) < 4.78 is 0. The summed E-state index contributed by atoms with van der Waals surface area (Å²) in [5.41, 5.74) is 24.3. The summed E-state index contributed by atoms with van der Waals surface area (Å²) in [7, 11) is 0. The fourth-order valence-electron chi connectivity index (χ4n) is 7.64. The van der Waals surface area contributed by atoms with Crippen molar-refractivity contribution in [3.05, 3.63) is 36.0 Å². The summed E-state index contributed by atoms with van der Waals surface area (Å²) in [4.78, 5) is 100. The van der Waals surface area contributed by atoms with Crippen LogP contribution in [0.4, 0.5) is 0 Å². The largest absolute Gasteiger partial charge is 0.481 e. The predicted molar refractivity (Wildman–Crippen MR) is 228 cm³/mol. The number of H-pyrrole nitrogens is 1. The van der Waals surface area contributed by atoms with Crippen LogP contribution in [0.2, 0.25) is 0 Å². The molecule has 2 fully saturated rings. The smallest absolute Gasteiger partial charge is 0.326 e. The number of likely N-dealkylation sites (tertiary alicyclic amines) is 2. The van der Waals surface area contributed by atoms with Gasteiger partial charge in [-0.2, -0.15) is 0 Å². The highest BCUT2D eigenvalue weighted by atomic mass is 16.4. The number of rotatable bonds is 21. The summed E-state index contributed by atoms with van der Waals surface area (Å²) in [5.74, 6) is -4.61. The first-order chi connectivity index (χ1) is 28.9. The van der Waals surface area contributed by atoms with E-state index in [1.807, 2.05) is 38.1 Å². The zero-order chi connectivity index (χ0) is 45.2. The Hall–Kier alpha value is -5.76. The van der Waals surface area contributed by atoms with E-state index in [2.05, 4.69) is 25.9 Å². The van der Waals surface area contributed by atoms with Crippen molar-refractivity contribution < 1.29 is 43.8 Å². The van der Waals surface area contributed by atoms with Gasteiger partial charge in [0, 0.05) is 50.1 Å². The van der Waals surface area contributed by atoms with E-state index in [0.29, 0.717) is 71.0 Å². The van der Waals surface area contributed by atoms with Gasteiger partial charge in [0.25, 0.3) is 5.97 Å². The number of nitrogens with one attached hydrogen (secondary N) is 4. The van der Waals surface area contributed by atoms with Crippen molar-refractivity contribution in [3.63, 3.8) is 0 Å². The number of aliphatic carboxylic acids is 2. The number of hydrogen-bond acceptors (Lipinski definition) is 10. The minimum atomic E-state index is -1.24. The Morgan fingerprint density at radius 1 is 0.836 bits per heavy atom. The summed E-state index contributed by atoms with van der Waals surface area (Å²) >= 11 is 0. The van der Waals surface area contributed by atoms with Gasteiger partial charge in [-0.25, -0.2) is 4.79 Å². The van der Waals surface area contributed by atoms with Gasteiger partial charge in [0.1, 0.15) is 30.2 Å². The number of unbranched alkanes of at least 4 members (excludes halogenated alkanes) is 1. The van der Waals surface area contributed by atoms with Crippen LogP contribution in [0, 0.1) is 5.92 Å². The van der Waals surface area contributed by atoms with E-state index in [0.717, 1.165) is 23.4 Å². The van der Waals surface area contributed by atoms with E-state index in [4.69, 9.17) is 32.8 Å². The van der Waals surface area contributed by atoms with Crippen molar-refractivity contribution in [3.8, 4) is 0 Å². The Morgan fingerprint density at radius 3 is 2.00 bits per heavy atom. The first kappa shape index (κ1) is 49.6. The molecule has 0 radical (unpaired) electrons. The molecule has 2 aliphatic heterocycles. The quantitative estimate of drug-likeness (QED) is 0.0445. The van der Waals surface area contributed by atoms with Gasteiger partial charge in [0.2, 0.25) is 29.5 Å². The van der Waals surface area contributed by atoms with Gasteiger partial charge in [-0.1, -0.05) is 32.0 Å². The highest BCUT2D eigenvalue weighted by molar-refractivity contribution is 5.97. The number of nitrogens with two attached hydrogens (primary N) is 4. The van der Waals surface area contributed by atoms with Gasteiger partial charge < -0.3 is 63.9 Å². The number of aliphatic imine (C=N–C) groups is 1. The number of carboxylic acid groups (broad SMARTS) is 2. The van der Waals surface area contributed by atoms with E-state index < -0.39 is 71.8 Å². The summed E-state index contributed by atoms with van der Waals surface area (Å²) in [6.07, 6.45) is 5.97. The Bertz CT molecular complexity index is 1840. The van der Waals surface area contributed by atoms with E-state index in [1.165, 1.54) is 9.80 Å². The van der Waals surface area contributed by atoms with E-state index in [1.54, 1.807) is 6.20 Å². The SMILES string of the molecule is CC(=O)O.CC(C)CC(NC(=O)C1CCCN1C(=O)C(N)CCCN=C(N)N)C(=O)NC(CCCCN)C(=O)N1CCCC1C(=O)NC(Cc1c[nH]c2ccccc12)C(=O)O. The molecule has 2 saturated heterocycles. The lowest BCUT2D eigenvalue weighted by atomic mass is 10.0. The molecule has 0 bridgehead atoms. The lowest BCUT2D eigenvalue weighted by Gasteiger charge is -2.31. The molecular weight excluding hydrogens is 791 g/mol. The van der Waals surface area contributed by atoms with E-state index in [-0.39, 0.29) is 43.6 Å². The second-order valence-electron chi connectivity index (χ2n) is 16.0. The fraction of sp³-hybridized carbons (Fsp3) is 0.610. The number of carbonyl (C=O) groups is 7. The van der Waals surface area contributed by atoms with Crippen LogP contribution in [0.25, 0.3) is 10.9 Å². The van der Waals surface area contributed by atoms with Crippen LogP contribution in [0.5, 0.6) is 0 Å². The number of fused-ring (bicyclic) bond motifs is 1. The van der Waals surface area contributed by atoms with Crippen LogP contribution >= 0.6 is 0 Å². The standard InChI is InChI=1S/C39H61N11O7.C2H4O2/c1-23(2)20-29(47-34(52)31-14-8-18-49(31)36(54)26(41)11-7-17-44-39(42)43)33(51)46-28(13-5-6-16-40)37(55)50-19-9-15-32(50)35(53)48-30(38(56)57)21-24-22-45-27-12-4-3-10-25(24)27;1-2(3)4/h3-4,10,12,22-23,26,28-32,45H,5-9,11,13-21,40-41H2,1-2H3,(H,46,51)(H,47,52)(H,48,53)(H,56,57)(H4,42,43,44);1H3,(H,3,4). The highest BCUT2D eigenvalue weighted by Gasteiger charge is 2.41. The Kier molecular flexibility index (Phi) is 19.9. The zero-order valence-corrected chi connectivity index (χ0v) is 35.4. The summed E-state index contributed by atoms with van der Waals surface area (Å²) in [6, 6.07) is 1.56. The first-order valence-corrected chi connectivity index (χ1v) is 20.9. The molecule has 2 aromatic rings. The second kappa shape index (κ2) is 24.5. The van der Waals surface area contributed by atoms with Crippen molar-refractivity contribution in [1.29, 1.82) is 0 Å². The van der Waals surface area contributed by atoms with Gasteiger partial charge in [-0.3, -0.25) is 33.8 Å². The maximum atomic E-state index is 14.2. The number of guanidine groups is 1. The molecule has 5 amide bonds. The summed E-state index contributed by atoms with van der Waals surface area (Å²) in [5, 5.41) is 26.7. The van der Waals surface area contributed by atoms with Crippen molar-refractivity contribution in [2.24, 2.45) is 33.8 Å². The average molecular weight is 856 g/mol. The van der Waals surface area contributed by atoms with Crippen LogP contribution in [-0.2, 0) is 40.0 Å². The minimum absolute atomic E-state index is 0.0227. The van der Waals surface area contributed by atoms with Crippen LogP contribution < -0.4 is 38.9 Å². The number of aromatic amines is 1. The number of hydrogen-bond donors (Lipinski definition) is 10. The maximum Gasteiger partial charge on any atom is 0.326 e.